The second-order valence-corrected chi connectivity index (χ2v) is 5.09. The fraction of sp³-hybridized carbons (Fsp3) is 0.143. The summed E-state index contributed by atoms with van der Waals surface area (Å²) in [5.41, 5.74) is 0.371. The fourth-order valence-electron chi connectivity index (χ4n) is 0.648. The minimum Gasteiger partial charge on any atom is -0.292 e. The maximum atomic E-state index is 12.3. The van der Waals surface area contributed by atoms with Crippen LogP contribution in [-0.2, 0) is 0 Å². The van der Waals surface area contributed by atoms with E-state index in [1.165, 1.54) is 12.3 Å². The zero-order valence-corrected chi connectivity index (χ0v) is 8.97. The SMILES string of the molecule is O=C(c1ccc(F)nc1)C(Br)Br. The van der Waals surface area contributed by atoms with E-state index in [1.54, 1.807) is 0 Å². The standard InChI is InChI=1S/C7H4Br2FNO/c8-7(9)6(12)4-1-2-5(10)11-3-4/h1-3,7H. The van der Waals surface area contributed by atoms with Gasteiger partial charge >= 0.3 is 0 Å². The summed E-state index contributed by atoms with van der Waals surface area (Å²) in [7, 11) is 0. The third kappa shape index (κ3) is 2.35. The predicted molar refractivity (Wildman–Crippen MR) is 50.2 cm³/mol. The summed E-state index contributed by atoms with van der Waals surface area (Å²) in [5, 5.41) is 0. The number of Topliss-reactive ketones (excluding diaryl/α,β-unsaturated/α-hetero) is 1. The number of hydrogen-bond acceptors (Lipinski definition) is 2. The zero-order chi connectivity index (χ0) is 9.14. The molecule has 0 unspecified atom stereocenters. The number of alkyl halides is 2. The van der Waals surface area contributed by atoms with Gasteiger partial charge in [-0.3, -0.25) is 4.79 Å². The molecule has 1 heterocycles. The normalized spacial score (nSPS) is 10.3. The number of carbonyl (C=O) groups is 1. The van der Waals surface area contributed by atoms with E-state index in [4.69, 9.17) is 0 Å². The van der Waals surface area contributed by atoms with Gasteiger partial charge in [0.25, 0.3) is 0 Å². The van der Waals surface area contributed by atoms with Crippen LogP contribution < -0.4 is 0 Å². The molecule has 0 bridgehead atoms. The van der Waals surface area contributed by atoms with E-state index in [1.807, 2.05) is 0 Å². The Bertz CT molecular complexity index is 286. The van der Waals surface area contributed by atoms with Crippen LogP contribution in [0.5, 0.6) is 0 Å². The Kier molecular flexibility index (Phi) is 3.34. The summed E-state index contributed by atoms with van der Waals surface area (Å²) in [6.07, 6.45) is 1.20. The van der Waals surface area contributed by atoms with Crippen molar-refractivity contribution in [3.63, 3.8) is 0 Å². The smallest absolute Gasteiger partial charge is 0.212 e. The maximum absolute atomic E-state index is 12.3. The van der Waals surface area contributed by atoms with Crippen molar-refractivity contribution in [2.24, 2.45) is 0 Å². The highest BCUT2D eigenvalue weighted by Crippen LogP contribution is 2.14. The molecule has 0 fully saturated rings. The number of carbonyl (C=O) groups excluding carboxylic acids is 1. The van der Waals surface area contributed by atoms with Crippen LogP contribution in [0.3, 0.4) is 0 Å². The largest absolute Gasteiger partial charge is 0.292 e. The van der Waals surface area contributed by atoms with Crippen LogP contribution in [0.2, 0.25) is 0 Å². The third-order valence-corrected chi connectivity index (χ3v) is 2.04. The lowest BCUT2D eigenvalue weighted by Crippen LogP contribution is -2.07. The first-order valence-corrected chi connectivity index (χ1v) is 4.88. The molecule has 12 heavy (non-hydrogen) atoms. The summed E-state index contributed by atoms with van der Waals surface area (Å²) in [4.78, 5) is 14.6. The Morgan fingerprint density at radius 1 is 1.50 bits per heavy atom. The summed E-state index contributed by atoms with van der Waals surface area (Å²) < 4.78 is 11.9. The molecule has 0 aromatic carbocycles. The molecule has 0 aliphatic carbocycles. The molecular weight excluding hydrogens is 293 g/mol. The molecule has 0 saturated heterocycles. The van der Waals surface area contributed by atoms with Gasteiger partial charge in [-0.25, -0.2) is 4.98 Å². The highest BCUT2D eigenvalue weighted by atomic mass is 79.9. The molecule has 0 N–H and O–H groups in total. The third-order valence-electron chi connectivity index (χ3n) is 1.21. The molecule has 1 rings (SSSR count). The summed E-state index contributed by atoms with van der Waals surface area (Å²) in [5.74, 6) is -0.769. The Labute approximate surface area is 85.4 Å². The van der Waals surface area contributed by atoms with E-state index in [-0.39, 0.29) is 5.78 Å². The van der Waals surface area contributed by atoms with Gasteiger partial charge in [-0.2, -0.15) is 4.39 Å². The Hall–Kier alpha value is -0.290. The van der Waals surface area contributed by atoms with E-state index in [2.05, 4.69) is 36.8 Å². The number of nitrogens with zero attached hydrogens (tertiary/aromatic N) is 1. The second-order valence-electron chi connectivity index (χ2n) is 2.03. The van der Waals surface area contributed by atoms with Gasteiger partial charge in [0, 0.05) is 11.8 Å². The molecule has 0 saturated carbocycles. The predicted octanol–water partition coefficient (Wildman–Crippen LogP) is 2.52. The van der Waals surface area contributed by atoms with Crippen molar-refractivity contribution in [2.45, 2.75) is 3.74 Å². The van der Waals surface area contributed by atoms with Crippen molar-refractivity contribution in [1.29, 1.82) is 0 Å². The molecule has 0 amide bonds. The van der Waals surface area contributed by atoms with Crippen molar-refractivity contribution in [2.75, 3.05) is 0 Å². The molecule has 0 aliphatic rings. The van der Waals surface area contributed by atoms with Crippen LogP contribution in [0, 0.1) is 5.95 Å². The van der Waals surface area contributed by atoms with Crippen LogP contribution >= 0.6 is 31.9 Å². The first-order chi connectivity index (χ1) is 5.61. The molecule has 0 spiro atoms. The maximum Gasteiger partial charge on any atom is 0.212 e. The van der Waals surface area contributed by atoms with Crippen LogP contribution in [-0.4, -0.2) is 14.5 Å². The molecule has 5 heteroatoms. The molecule has 0 radical (unpaired) electrons. The van der Waals surface area contributed by atoms with Crippen LogP contribution in [0.25, 0.3) is 0 Å². The number of hydrogen-bond donors (Lipinski definition) is 0. The Balaban J connectivity index is 2.90. The lowest BCUT2D eigenvalue weighted by atomic mass is 10.2. The van der Waals surface area contributed by atoms with E-state index >= 15 is 0 Å². The van der Waals surface area contributed by atoms with Gasteiger partial charge in [-0.15, -0.1) is 0 Å². The average Bonchev–Trinajstić information content (AvgIpc) is 2.04. The number of pyridine rings is 1. The minimum absolute atomic E-state index is 0.178. The zero-order valence-electron chi connectivity index (χ0n) is 5.80. The summed E-state index contributed by atoms with van der Waals surface area (Å²) >= 11 is 6.08. The average molecular weight is 297 g/mol. The molecule has 64 valence electrons. The Morgan fingerprint density at radius 3 is 2.58 bits per heavy atom. The number of halogens is 3. The number of aromatic nitrogens is 1. The quantitative estimate of drug-likeness (QED) is 0.477. The van der Waals surface area contributed by atoms with E-state index < -0.39 is 9.68 Å². The van der Waals surface area contributed by atoms with Crippen molar-refractivity contribution in [3.05, 3.63) is 29.8 Å². The van der Waals surface area contributed by atoms with Gasteiger partial charge in [0.2, 0.25) is 5.95 Å². The molecule has 0 aliphatic heterocycles. The summed E-state index contributed by atoms with van der Waals surface area (Å²) in [6.45, 7) is 0. The van der Waals surface area contributed by atoms with Gasteiger partial charge < -0.3 is 0 Å². The number of rotatable bonds is 2. The van der Waals surface area contributed by atoms with Crippen molar-refractivity contribution < 1.29 is 9.18 Å². The molecular formula is C7H4Br2FNO. The first kappa shape index (κ1) is 9.80. The lowest BCUT2D eigenvalue weighted by molar-refractivity contribution is 0.101. The number of ketones is 1. The molecule has 0 atom stereocenters. The second kappa shape index (κ2) is 4.09. The van der Waals surface area contributed by atoms with Gasteiger partial charge in [-0.1, -0.05) is 31.9 Å². The molecule has 2 nitrogen and oxygen atoms in total. The van der Waals surface area contributed by atoms with Gasteiger partial charge in [-0.05, 0) is 12.1 Å². The van der Waals surface area contributed by atoms with E-state index in [9.17, 15) is 9.18 Å². The minimum atomic E-state index is -0.591. The van der Waals surface area contributed by atoms with Gasteiger partial charge in [0.05, 0.1) is 0 Å². The van der Waals surface area contributed by atoms with Crippen molar-refractivity contribution in [1.82, 2.24) is 4.98 Å². The van der Waals surface area contributed by atoms with Crippen LogP contribution in [0.1, 0.15) is 10.4 Å². The summed E-state index contributed by atoms with van der Waals surface area (Å²) in [6, 6.07) is 2.54. The topological polar surface area (TPSA) is 30.0 Å². The van der Waals surface area contributed by atoms with Crippen molar-refractivity contribution in [3.8, 4) is 0 Å². The van der Waals surface area contributed by atoms with Gasteiger partial charge in [0.15, 0.2) is 5.78 Å². The van der Waals surface area contributed by atoms with Crippen LogP contribution in [0.4, 0.5) is 4.39 Å². The first-order valence-electron chi connectivity index (χ1n) is 3.05. The molecule has 1 aromatic heterocycles. The fourth-order valence-corrected chi connectivity index (χ4v) is 1.18. The van der Waals surface area contributed by atoms with Crippen molar-refractivity contribution >= 4 is 37.6 Å². The highest BCUT2D eigenvalue weighted by Gasteiger charge is 2.13. The van der Waals surface area contributed by atoms with E-state index in [0.29, 0.717) is 5.56 Å². The van der Waals surface area contributed by atoms with E-state index in [0.717, 1.165) is 6.07 Å². The molecule has 1 aromatic rings. The monoisotopic (exact) mass is 295 g/mol. The highest BCUT2D eigenvalue weighted by molar-refractivity contribution is 9.25. The lowest BCUT2D eigenvalue weighted by Gasteiger charge is -1.99. The van der Waals surface area contributed by atoms with Crippen LogP contribution in [0.15, 0.2) is 18.3 Å². The van der Waals surface area contributed by atoms with Gasteiger partial charge in [0.1, 0.15) is 3.74 Å². The Morgan fingerprint density at radius 2 is 2.17 bits per heavy atom.